The van der Waals surface area contributed by atoms with E-state index >= 15 is 0 Å². The molecule has 0 spiro atoms. The van der Waals surface area contributed by atoms with E-state index < -0.39 is 10.9 Å². The maximum Gasteiger partial charge on any atom is 0.345 e. The average molecular weight is 337 g/mol. The zero-order valence-corrected chi connectivity index (χ0v) is 12.9. The van der Waals surface area contributed by atoms with Gasteiger partial charge < -0.3 is 14.6 Å². The first-order valence-corrected chi connectivity index (χ1v) is 6.92. The highest BCUT2D eigenvalue weighted by atomic mass is 32.1. The third kappa shape index (κ3) is 3.43. The van der Waals surface area contributed by atoms with Crippen molar-refractivity contribution >= 4 is 33.7 Å². The fourth-order valence-corrected chi connectivity index (χ4v) is 2.37. The number of nitro groups is 1. The van der Waals surface area contributed by atoms with E-state index in [0.717, 1.165) is 17.5 Å². The summed E-state index contributed by atoms with van der Waals surface area (Å²) in [5.41, 5.74) is 0.134. The standard InChI is InChI=1S/C13H11N3O6S/c1-21-8-4-3-7(10(12(17)18)11(8)22-2)5-14-13-15-6-9(23-13)16(19)20/h3-6H,1-2H3,(H,17,18)/b14-5-. The van der Waals surface area contributed by atoms with Crippen LogP contribution in [0.2, 0.25) is 0 Å². The Hall–Kier alpha value is -3.01. The summed E-state index contributed by atoms with van der Waals surface area (Å²) in [6.07, 6.45) is 2.35. The van der Waals surface area contributed by atoms with Crippen molar-refractivity contribution in [2.75, 3.05) is 14.2 Å². The van der Waals surface area contributed by atoms with Gasteiger partial charge in [-0.25, -0.2) is 14.8 Å². The Balaban J connectivity index is 2.44. The quantitative estimate of drug-likeness (QED) is 0.488. The molecule has 2 aromatic rings. The summed E-state index contributed by atoms with van der Waals surface area (Å²) in [6, 6.07) is 3.03. The number of aromatic nitrogens is 1. The van der Waals surface area contributed by atoms with Crippen LogP contribution in [-0.2, 0) is 0 Å². The lowest BCUT2D eigenvalue weighted by Crippen LogP contribution is -2.06. The van der Waals surface area contributed by atoms with Crippen LogP contribution in [0.15, 0.2) is 23.3 Å². The van der Waals surface area contributed by atoms with Gasteiger partial charge in [0.25, 0.3) is 0 Å². The van der Waals surface area contributed by atoms with Crippen molar-refractivity contribution in [3.63, 3.8) is 0 Å². The molecule has 23 heavy (non-hydrogen) atoms. The molecule has 0 saturated carbocycles. The monoisotopic (exact) mass is 337 g/mol. The Labute approximate surface area is 134 Å². The minimum atomic E-state index is -1.22. The number of hydrogen-bond donors (Lipinski definition) is 1. The van der Waals surface area contributed by atoms with Crippen LogP contribution < -0.4 is 9.47 Å². The number of ether oxygens (including phenoxy) is 2. The summed E-state index contributed by atoms with van der Waals surface area (Å²) in [5, 5.41) is 20.0. The number of rotatable bonds is 6. The molecule has 9 nitrogen and oxygen atoms in total. The van der Waals surface area contributed by atoms with Gasteiger partial charge in [-0.3, -0.25) is 10.1 Å². The van der Waals surface area contributed by atoms with E-state index in [-0.39, 0.29) is 32.8 Å². The summed E-state index contributed by atoms with van der Waals surface area (Å²) >= 11 is 0.781. The lowest BCUT2D eigenvalue weighted by atomic mass is 10.1. The first kappa shape index (κ1) is 16.4. The van der Waals surface area contributed by atoms with Crippen molar-refractivity contribution in [2.45, 2.75) is 0 Å². The SMILES string of the molecule is COc1ccc(/C=N\c2ncc([N+](=O)[O-])s2)c(C(=O)O)c1OC. The second-order valence-corrected chi connectivity index (χ2v) is 5.05. The summed E-state index contributed by atoms with van der Waals surface area (Å²) in [4.78, 5) is 29.3. The van der Waals surface area contributed by atoms with Crippen LogP contribution in [0.4, 0.5) is 10.1 Å². The Morgan fingerprint density at radius 2 is 2.17 bits per heavy atom. The number of methoxy groups -OCH3 is 2. The molecule has 2 rings (SSSR count). The number of thiazole rings is 1. The van der Waals surface area contributed by atoms with Gasteiger partial charge in [0.15, 0.2) is 11.5 Å². The second-order valence-electron chi connectivity index (χ2n) is 4.07. The van der Waals surface area contributed by atoms with Crippen molar-refractivity contribution in [1.82, 2.24) is 4.98 Å². The van der Waals surface area contributed by atoms with E-state index in [2.05, 4.69) is 9.98 Å². The zero-order chi connectivity index (χ0) is 17.0. The molecular formula is C13H11N3O6S. The highest BCUT2D eigenvalue weighted by molar-refractivity contribution is 7.18. The smallest absolute Gasteiger partial charge is 0.345 e. The molecule has 0 amide bonds. The highest BCUT2D eigenvalue weighted by Gasteiger charge is 2.20. The minimum absolute atomic E-state index is 0.0640. The predicted molar refractivity (Wildman–Crippen MR) is 82.5 cm³/mol. The van der Waals surface area contributed by atoms with Crippen molar-refractivity contribution in [1.29, 1.82) is 0 Å². The lowest BCUT2D eigenvalue weighted by molar-refractivity contribution is -0.380. The number of carbonyl (C=O) groups is 1. The van der Waals surface area contributed by atoms with Gasteiger partial charge in [0, 0.05) is 11.8 Å². The fraction of sp³-hybridized carbons (Fsp3) is 0.154. The van der Waals surface area contributed by atoms with Gasteiger partial charge in [0.1, 0.15) is 11.8 Å². The van der Waals surface area contributed by atoms with E-state index in [1.54, 1.807) is 0 Å². The zero-order valence-electron chi connectivity index (χ0n) is 12.0. The Morgan fingerprint density at radius 1 is 1.43 bits per heavy atom. The summed E-state index contributed by atoms with van der Waals surface area (Å²) in [5.74, 6) is -0.881. The van der Waals surface area contributed by atoms with Crippen molar-refractivity contribution in [2.24, 2.45) is 4.99 Å². The van der Waals surface area contributed by atoms with Gasteiger partial charge in [-0.2, -0.15) is 0 Å². The molecular weight excluding hydrogens is 326 g/mol. The van der Waals surface area contributed by atoms with E-state index in [4.69, 9.17) is 9.47 Å². The largest absolute Gasteiger partial charge is 0.493 e. The number of aromatic carboxylic acids is 1. The molecule has 1 N–H and O–H groups in total. The molecule has 0 atom stereocenters. The maximum atomic E-state index is 11.5. The van der Waals surface area contributed by atoms with E-state index in [1.165, 1.54) is 32.6 Å². The third-order valence-corrected chi connectivity index (χ3v) is 3.62. The minimum Gasteiger partial charge on any atom is -0.493 e. The van der Waals surface area contributed by atoms with Crippen LogP contribution in [0.3, 0.4) is 0 Å². The van der Waals surface area contributed by atoms with E-state index in [0.29, 0.717) is 0 Å². The maximum absolute atomic E-state index is 11.5. The van der Waals surface area contributed by atoms with Crippen molar-refractivity contribution in [3.05, 3.63) is 39.6 Å². The van der Waals surface area contributed by atoms with Crippen LogP contribution in [0.1, 0.15) is 15.9 Å². The van der Waals surface area contributed by atoms with Gasteiger partial charge >= 0.3 is 11.0 Å². The van der Waals surface area contributed by atoms with Crippen molar-refractivity contribution < 1.29 is 24.3 Å². The Morgan fingerprint density at radius 3 is 2.70 bits per heavy atom. The molecule has 1 aromatic heterocycles. The molecule has 0 fully saturated rings. The normalized spacial score (nSPS) is 10.7. The first-order valence-electron chi connectivity index (χ1n) is 6.10. The summed E-state index contributed by atoms with van der Waals surface area (Å²) in [6.45, 7) is 0. The lowest BCUT2D eigenvalue weighted by Gasteiger charge is -2.12. The molecule has 0 aliphatic heterocycles. The van der Waals surface area contributed by atoms with E-state index in [9.17, 15) is 20.0 Å². The molecule has 0 aliphatic rings. The first-order chi connectivity index (χ1) is 11.0. The summed E-state index contributed by atoms with van der Waals surface area (Å²) < 4.78 is 10.1. The molecule has 1 aromatic carbocycles. The van der Waals surface area contributed by atoms with Crippen LogP contribution in [-0.4, -0.2) is 41.4 Å². The number of hydrogen-bond acceptors (Lipinski definition) is 8. The Bertz CT molecular complexity index is 786. The van der Waals surface area contributed by atoms with Gasteiger partial charge in [-0.05, 0) is 23.5 Å². The number of aliphatic imine (C=N–C) groups is 1. The number of carboxylic acid groups (broad SMARTS) is 1. The van der Waals surface area contributed by atoms with Gasteiger partial charge in [0.2, 0.25) is 5.13 Å². The molecule has 1 heterocycles. The van der Waals surface area contributed by atoms with Crippen molar-refractivity contribution in [3.8, 4) is 11.5 Å². The van der Waals surface area contributed by atoms with Gasteiger partial charge in [0.05, 0.1) is 19.1 Å². The topological polar surface area (TPSA) is 124 Å². The highest BCUT2D eigenvalue weighted by Crippen LogP contribution is 2.33. The van der Waals surface area contributed by atoms with Crippen LogP contribution in [0.25, 0.3) is 0 Å². The fourth-order valence-electron chi connectivity index (χ4n) is 1.80. The number of benzene rings is 1. The van der Waals surface area contributed by atoms with Gasteiger partial charge in [-0.15, -0.1) is 0 Å². The second kappa shape index (κ2) is 6.83. The number of carboxylic acids is 1. The van der Waals surface area contributed by atoms with Crippen LogP contribution >= 0.6 is 11.3 Å². The molecule has 0 radical (unpaired) electrons. The molecule has 10 heteroatoms. The molecule has 0 unspecified atom stereocenters. The molecule has 0 bridgehead atoms. The summed E-state index contributed by atoms with van der Waals surface area (Å²) in [7, 11) is 2.72. The Kier molecular flexibility index (Phi) is 4.86. The predicted octanol–water partition coefficient (Wildman–Crippen LogP) is 2.52. The van der Waals surface area contributed by atoms with Crippen LogP contribution in [0, 0.1) is 10.1 Å². The third-order valence-electron chi connectivity index (χ3n) is 2.77. The van der Waals surface area contributed by atoms with Gasteiger partial charge in [-0.1, -0.05) is 0 Å². The average Bonchev–Trinajstić information content (AvgIpc) is 3.00. The van der Waals surface area contributed by atoms with E-state index in [1.807, 2.05) is 0 Å². The number of nitrogens with zero attached hydrogens (tertiary/aromatic N) is 3. The molecule has 0 aliphatic carbocycles. The molecule has 120 valence electrons. The van der Waals surface area contributed by atoms with Crippen LogP contribution in [0.5, 0.6) is 11.5 Å². The molecule has 0 saturated heterocycles.